The molecule has 2 N–H and O–H groups in total. The van der Waals surface area contributed by atoms with E-state index in [1.54, 1.807) is 44.3 Å². The summed E-state index contributed by atoms with van der Waals surface area (Å²) in [6.45, 7) is 0.458. The molecular weight excluding hydrogens is 232 g/mol. The van der Waals surface area contributed by atoms with Crippen LogP contribution in [-0.4, -0.2) is 38.6 Å². The van der Waals surface area contributed by atoms with Crippen molar-refractivity contribution in [3.8, 4) is 11.5 Å². The molecule has 0 bridgehead atoms. The molecule has 1 aromatic carbocycles. The van der Waals surface area contributed by atoms with Crippen LogP contribution in [0.5, 0.6) is 11.5 Å². The lowest BCUT2D eigenvalue weighted by atomic mass is 10.2. The van der Waals surface area contributed by atoms with Gasteiger partial charge < -0.3 is 20.1 Å². The number of carbonyl (C=O) groups excluding carboxylic acids is 1. The van der Waals surface area contributed by atoms with Gasteiger partial charge in [-0.15, -0.1) is 0 Å². The van der Waals surface area contributed by atoms with Crippen LogP contribution in [0.4, 0.5) is 5.69 Å². The summed E-state index contributed by atoms with van der Waals surface area (Å²) >= 11 is 0. The Morgan fingerprint density at radius 1 is 1.33 bits per heavy atom. The van der Waals surface area contributed by atoms with Gasteiger partial charge in [-0.1, -0.05) is 0 Å². The van der Waals surface area contributed by atoms with Gasteiger partial charge in [0.15, 0.2) is 11.5 Å². The third kappa shape index (κ3) is 4.16. The number of amides is 1. The lowest BCUT2D eigenvalue weighted by molar-refractivity contribution is -0.128. The van der Waals surface area contributed by atoms with Crippen molar-refractivity contribution in [2.75, 3.05) is 33.5 Å². The van der Waals surface area contributed by atoms with Crippen LogP contribution < -0.4 is 15.2 Å². The third-order valence-electron chi connectivity index (χ3n) is 2.48. The highest BCUT2D eigenvalue weighted by molar-refractivity contribution is 5.75. The van der Waals surface area contributed by atoms with Crippen LogP contribution in [0.15, 0.2) is 18.2 Å². The number of benzene rings is 1. The molecule has 0 aromatic heterocycles. The summed E-state index contributed by atoms with van der Waals surface area (Å²) in [5.74, 6) is 1.34. The van der Waals surface area contributed by atoms with Gasteiger partial charge in [0, 0.05) is 32.3 Å². The van der Waals surface area contributed by atoms with E-state index in [4.69, 9.17) is 15.2 Å². The van der Waals surface area contributed by atoms with Gasteiger partial charge in [0.05, 0.1) is 13.7 Å². The Bertz CT molecular complexity index is 405. The van der Waals surface area contributed by atoms with Crippen molar-refractivity contribution >= 4 is 11.6 Å². The van der Waals surface area contributed by atoms with Crippen LogP contribution in [0, 0.1) is 0 Å². The monoisotopic (exact) mass is 252 g/mol. The molecule has 0 saturated heterocycles. The quantitative estimate of drug-likeness (QED) is 0.616. The molecule has 1 aromatic rings. The number of hydrogen-bond donors (Lipinski definition) is 1. The number of nitrogen functional groups attached to an aromatic ring is 1. The maximum atomic E-state index is 11.4. The Labute approximate surface area is 107 Å². The molecule has 0 saturated carbocycles. The zero-order valence-electron chi connectivity index (χ0n) is 11.1. The minimum atomic E-state index is 0.0955. The summed E-state index contributed by atoms with van der Waals surface area (Å²) in [5, 5.41) is 0. The third-order valence-corrected chi connectivity index (χ3v) is 2.48. The molecule has 100 valence electrons. The molecule has 18 heavy (non-hydrogen) atoms. The van der Waals surface area contributed by atoms with Crippen LogP contribution in [0.3, 0.4) is 0 Å². The van der Waals surface area contributed by atoms with E-state index in [9.17, 15) is 4.79 Å². The van der Waals surface area contributed by atoms with Gasteiger partial charge in [0.1, 0.15) is 0 Å². The van der Waals surface area contributed by atoms with Gasteiger partial charge in [0.25, 0.3) is 0 Å². The molecule has 0 aliphatic carbocycles. The standard InChI is InChI=1S/C13H20N2O3/c1-15(2)13(16)5-4-8-18-12-9-10(14)6-7-11(12)17-3/h6-7,9H,4-5,8,14H2,1-3H3. The molecule has 5 nitrogen and oxygen atoms in total. The van der Waals surface area contributed by atoms with Crippen LogP contribution in [0.2, 0.25) is 0 Å². The molecule has 0 fully saturated rings. The van der Waals surface area contributed by atoms with Crippen molar-refractivity contribution in [1.29, 1.82) is 0 Å². The number of nitrogens with two attached hydrogens (primary N) is 1. The molecule has 0 spiro atoms. The van der Waals surface area contributed by atoms with Crippen molar-refractivity contribution < 1.29 is 14.3 Å². The summed E-state index contributed by atoms with van der Waals surface area (Å²) in [7, 11) is 5.06. The number of anilines is 1. The highest BCUT2D eigenvalue weighted by Crippen LogP contribution is 2.29. The van der Waals surface area contributed by atoms with Crippen molar-refractivity contribution in [1.82, 2.24) is 4.90 Å². The zero-order chi connectivity index (χ0) is 13.5. The predicted octanol–water partition coefficient (Wildman–Crippen LogP) is 1.52. The summed E-state index contributed by atoms with van der Waals surface area (Å²) in [6.07, 6.45) is 1.13. The predicted molar refractivity (Wildman–Crippen MR) is 70.8 cm³/mol. The SMILES string of the molecule is COc1ccc(N)cc1OCCCC(=O)N(C)C. The van der Waals surface area contributed by atoms with Crippen LogP contribution in [0.25, 0.3) is 0 Å². The summed E-state index contributed by atoms with van der Waals surface area (Å²) in [6, 6.07) is 5.23. The zero-order valence-corrected chi connectivity index (χ0v) is 11.1. The molecule has 1 amide bonds. The first kappa shape index (κ1) is 14.2. The van der Waals surface area contributed by atoms with Gasteiger partial charge in [-0.2, -0.15) is 0 Å². The molecule has 0 atom stereocenters. The molecule has 1 rings (SSSR count). The van der Waals surface area contributed by atoms with Crippen molar-refractivity contribution in [3.05, 3.63) is 18.2 Å². The second-order valence-corrected chi connectivity index (χ2v) is 4.15. The van der Waals surface area contributed by atoms with Crippen LogP contribution in [0.1, 0.15) is 12.8 Å². The van der Waals surface area contributed by atoms with Gasteiger partial charge in [-0.05, 0) is 18.6 Å². The average molecular weight is 252 g/mol. The fraction of sp³-hybridized carbons (Fsp3) is 0.462. The Balaban J connectivity index is 2.44. The second-order valence-electron chi connectivity index (χ2n) is 4.15. The molecule has 0 aliphatic rings. The van der Waals surface area contributed by atoms with Crippen molar-refractivity contribution in [2.24, 2.45) is 0 Å². The Kier molecular flexibility index (Phi) is 5.30. The number of ether oxygens (including phenoxy) is 2. The number of rotatable bonds is 6. The van der Waals surface area contributed by atoms with Gasteiger partial charge in [-0.3, -0.25) is 4.79 Å². The van der Waals surface area contributed by atoms with Crippen molar-refractivity contribution in [3.63, 3.8) is 0 Å². The van der Waals surface area contributed by atoms with E-state index in [0.717, 1.165) is 0 Å². The molecule has 0 unspecified atom stereocenters. The number of carbonyl (C=O) groups is 1. The normalized spacial score (nSPS) is 9.94. The highest BCUT2D eigenvalue weighted by atomic mass is 16.5. The Morgan fingerprint density at radius 3 is 2.67 bits per heavy atom. The Morgan fingerprint density at radius 2 is 2.06 bits per heavy atom. The minimum absolute atomic E-state index is 0.0955. The highest BCUT2D eigenvalue weighted by Gasteiger charge is 2.06. The summed E-state index contributed by atoms with van der Waals surface area (Å²) < 4.78 is 10.7. The molecule has 5 heteroatoms. The van der Waals surface area contributed by atoms with Gasteiger partial charge in [-0.25, -0.2) is 0 Å². The fourth-order valence-electron chi connectivity index (χ4n) is 1.44. The second kappa shape index (κ2) is 6.74. The van der Waals surface area contributed by atoms with Crippen LogP contribution >= 0.6 is 0 Å². The lowest BCUT2D eigenvalue weighted by Crippen LogP contribution is -2.21. The largest absolute Gasteiger partial charge is 0.493 e. The number of methoxy groups -OCH3 is 1. The first-order valence-electron chi connectivity index (χ1n) is 5.81. The van der Waals surface area contributed by atoms with E-state index in [1.165, 1.54) is 0 Å². The molecule has 0 heterocycles. The van der Waals surface area contributed by atoms with E-state index < -0.39 is 0 Å². The minimum Gasteiger partial charge on any atom is -0.493 e. The first-order valence-corrected chi connectivity index (χ1v) is 5.81. The van der Waals surface area contributed by atoms with E-state index in [-0.39, 0.29) is 5.91 Å². The maximum absolute atomic E-state index is 11.4. The topological polar surface area (TPSA) is 64.8 Å². The van der Waals surface area contributed by atoms with Gasteiger partial charge in [0.2, 0.25) is 5.91 Å². The van der Waals surface area contributed by atoms with Gasteiger partial charge >= 0.3 is 0 Å². The van der Waals surface area contributed by atoms with Crippen LogP contribution in [-0.2, 0) is 4.79 Å². The summed E-state index contributed by atoms with van der Waals surface area (Å²) in [5.41, 5.74) is 6.30. The number of hydrogen-bond acceptors (Lipinski definition) is 4. The number of nitrogens with zero attached hydrogens (tertiary/aromatic N) is 1. The van der Waals surface area contributed by atoms with E-state index in [2.05, 4.69) is 0 Å². The first-order chi connectivity index (χ1) is 8.54. The molecule has 0 aliphatic heterocycles. The molecular formula is C13H20N2O3. The van der Waals surface area contributed by atoms with E-state index in [1.807, 2.05) is 0 Å². The fourth-order valence-corrected chi connectivity index (χ4v) is 1.44. The Hall–Kier alpha value is -1.91. The average Bonchev–Trinajstić information content (AvgIpc) is 2.34. The smallest absolute Gasteiger partial charge is 0.222 e. The maximum Gasteiger partial charge on any atom is 0.222 e. The van der Waals surface area contributed by atoms with E-state index in [0.29, 0.717) is 36.6 Å². The summed E-state index contributed by atoms with van der Waals surface area (Å²) in [4.78, 5) is 12.9. The van der Waals surface area contributed by atoms with Crippen molar-refractivity contribution in [2.45, 2.75) is 12.8 Å². The molecule has 0 radical (unpaired) electrons. The van der Waals surface area contributed by atoms with E-state index >= 15 is 0 Å². The lowest BCUT2D eigenvalue weighted by Gasteiger charge is -2.12.